The summed E-state index contributed by atoms with van der Waals surface area (Å²) in [6, 6.07) is 7.15. The molecule has 1 aliphatic carbocycles. The van der Waals surface area contributed by atoms with E-state index >= 15 is 0 Å². The fourth-order valence-corrected chi connectivity index (χ4v) is 2.28. The summed E-state index contributed by atoms with van der Waals surface area (Å²) < 4.78 is 10.4. The molecule has 0 aliphatic heterocycles. The molecule has 0 heterocycles. The number of alkyl carbamates (subject to hydrolysis) is 1. The van der Waals surface area contributed by atoms with E-state index in [1.807, 2.05) is 39.0 Å². The molecular weight excluding hydrogens is 332 g/mol. The number of anilines is 1. The van der Waals surface area contributed by atoms with Gasteiger partial charge in [-0.05, 0) is 56.9 Å². The van der Waals surface area contributed by atoms with Crippen LogP contribution in [0.3, 0.4) is 0 Å². The average Bonchev–Trinajstić information content (AvgIpc) is 2.58. The third-order valence-corrected chi connectivity index (χ3v) is 3.48. The molecule has 2 rings (SSSR count). The Morgan fingerprint density at radius 2 is 1.81 bits per heavy atom. The Balaban J connectivity index is 1.73. The molecule has 140 valence electrons. The molecule has 0 aromatic heterocycles. The van der Waals surface area contributed by atoms with Gasteiger partial charge in [-0.15, -0.1) is 0 Å². The number of allylic oxidation sites excluding steroid dienone is 2. The Labute approximate surface area is 154 Å². The van der Waals surface area contributed by atoms with Gasteiger partial charge >= 0.3 is 12.2 Å². The number of nitrogens with one attached hydrogen (secondary N) is 2. The fraction of sp³-hybridized carbons (Fsp3) is 0.400. The van der Waals surface area contributed by atoms with Crippen LogP contribution in [0.2, 0.25) is 0 Å². The van der Waals surface area contributed by atoms with Crippen LogP contribution in [0.1, 0.15) is 39.2 Å². The molecule has 0 fully saturated rings. The fourth-order valence-electron chi connectivity index (χ4n) is 2.28. The molecule has 2 N–H and O–H groups in total. The summed E-state index contributed by atoms with van der Waals surface area (Å²) in [5.74, 6) is 0. The van der Waals surface area contributed by atoms with Crippen molar-refractivity contribution in [2.24, 2.45) is 0 Å². The van der Waals surface area contributed by atoms with Crippen molar-refractivity contribution in [2.45, 2.75) is 45.8 Å². The predicted octanol–water partition coefficient (Wildman–Crippen LogP) is 4.54. The summed E-state index contributed by atoms with van der Waals surface area (Å²) in [5.41, 5.74) is 2.00. The minimum atomic E-state index is -0.544. The number of hydrogen-bond donors (Lipinski definition) is 2. The first-order valence-corrected chi connectivity index (χ1v) is 8.67. The molecule has 6 nitrogen and oxygen atoms in total. The van der Waals surface area contributed by atoms with Crippen LogP contribution >= 0.6 is 0 Å². The van der Waals surface area contributed by atoms with Gasteiger partial charge in [0.1, 0.15) is 12.2 Å². The number of rotatable bonds is 5. The molecule has 1 aromatic rings. The quantitative estimate of drug-likeness (QED) is 0.810. The third kappa shape index (κ3) is 7.42. The van der Waals surface area contributed by atoms with E-state index in [9.17, 15) is 9.59 Å². The standard InChI is InChI=1S/C20H26N2O4/c1-20(2,3)26-19(24)22-17-11-9-15(10-12-17)13-21-18(23)25-14-16-7-5-4-6-8-16/h5,7-12H,4,6,13-14H2,1-3H3,(H,21,23)(H,22,24). The Kier molecular flexibility index (Phi) is 6.83. The van der Waals surface area contributed by atoms with E-state index in [0.29, 0.717) is 12.2 Å². The van der Waals surface area contributed by atoms with Gasteiger partial charge in [0.25, 0.3) is 0 Å². The molecule has 0 atom stereocenters. The first-order valence-electron chi connectivity index (χ1n) is 8.67. The largest absolute Gasteiger partial charge is 0.445 e. The van der Waals surface area contributed by atoms with Crippen molar-refractivity contribution in [2.75, 3.05) is 11.9 Å². The van der Waals surface area contributed by atoms with Crippen LogP contribution < -0.4 is 10.6 Å². The zero-order chi connectivity index (χ0) is 19.0. The zero-order valence-electron chi connectivity index (χ0n) is 15.5. The van der Waals surface area contributed by atoms with Gasteiger partial charge < -0.3 is 14.8 Å². The maximum Gasteiger partial charge on any atom is 0.412 e. The second kappa shape index (κ2) is 9.08. The van der Waals surface area contributed by atoms with Gasteiger partial charge in [-0.25, -0.2) is 9.59 Å². The van der Waals surface area contributed by atoms with Gasteiger partial charge in [0.15, 0.2) is 0 Å². The highest BCUT2D eigenvalue weighted by molar-refractivity contribution is 5.84. The van der Waals surface area contributed by atoms with Crippen molar-refractivity contribution in [1.29, 1.82) is 0 Å². The minimum Gasteiger partial charge on any atom is -0.445 e. The van der Waals surface area contributed by atoms with Crippen LogP contribution in [0.4, 0.5) is 15.3 Å². The molecule has 1 aromatic carbocycles. The molecule has 0 radical (unpaired) electrons. The van der Waals surface area contributed by atoms with Crippen LogP contribution in [0.5, 0.6) is 0 Å². The summed E-state index contributed by atoms with van der Waals surface area (Å²) in [6.07, 6.45) is 7.19. The van der Waals surface area contributed by atoms with E-state index in [0.717, 1.165) is 24.0 Å². The van der Waals surface area contributed by atoms with Crippen molar-refractivity contribution < 1.29 is 19.1 Å². The highest BCUT2D eigenvalue weighted by Crippen LogP contribution is 2.13. The molecule has 6 heteroatoms. The lowest BCUT2D eigenvalue weighted by molar-refractivity contribution is 0.0636. The maximum absolute atomic E-state index is 11.7. The van der Waals surface area contributed by atoms with E-state index < -0.39 is 17.8 Å². The lowest BCUT2D eigenvalue weighted by Gasteiger charge is -2.19. The maximum atomic E-state index is 11.7. The van der Waals surface area contributed by atoms with Gasteiger partial charge in [-0.1, -0.05) is 30.4 Å². The molecule has 0 saturated carbocycles. The van der Waals surface area contributed by atoms with Gasteiger partial charge in [-0.3, -0.25) is 5.32 Å². The molecule has 1 aliphatic rings. The lowest BCUT2D eigenvalue weighted by atomic mass is 10.1. The Morgan fingerprint density at radius 1 is 1.08 bits per heavy atom. The number of benzene rings is 1. The molecule has 2 amide bonds. The SMILES string of the molecule is CC(C)(C)OC(=O)Nc1ccc(CNC(=O)OCC2=CCCC=C2)cc1. The average molecular weight is 358 g/mol. The first kappa shape index (κ1) is 19.6. The number of carbonyl (C=O) groups is 2. The van der Waals surface area contributed by atoms with E-state index in [-0.39, 0.29) is 6.61 Å². The van der Waals surface area contributed by atoms with Crippen LogP contribution in [0.25, 0.3) is 0 Å². The highest BCUT2D eigenvalue weighted by Gasteiger charge is 2.16. The Hall–Kier alpha value is -2.76. The molecule has 0 bridgehead atoms. The predicted molar refractivity (Wildman–Crippen MR) is 101 cm³/mol. The zero-order valence-corrected chi connectivity index (χ0v) is 15.5. The van der Waals surface area contributed by atoms with E-state index in [1.165, 1.54) is 0 Å². The first-order chi connectivity index (χ1) is 12.3. The lowest BCUT2D eigenvalue weighted by Crippen LogP contribution is -2.27. The topological polar surface area (TPSA) is 76.7 Å². The van der Waals surface area contributed by atoms with Crippen molar-refractivity contribution in [1.82, 2.24) is 5.32 Å². The molecule has 0 unspecified atom stereocenters. The van der Waals surface area contributed by atoms with Crippen molar-refractivity contribution in [3.05, 3.63) is 53.6 Å². The van der Waals surface area contributed by atoms with Crippen molar-refractivity contribution >= 4 is 17.9 Å². The van der Waals surface area contributed by atoms with Gasteiger partial charge in [0, 0.05) is 12.2 Å². The summed E-state index contributed by atoms with van der Waals surface area (Å²) in [6.45, 7) is 6.05. The number of ether oxygens (including phenoxy) is 2. The number of carbonyl (C=O) groups excluding carboxylic acids is 2. The second-order valence-electron chi connectivity index (χ2n) is 7.01. The van der Waals surface area contributed by atoms with Crippen LogP contribution in [-0.2, 0) is 16.0 Å². The molecule has 0 spiro atoms. The highest BCUT2D eigenvalue weighted by atomic mass is 16.6. The van der Waals surface area contributed by atoms with Gasteiger partial charge in [0.05, 0.1) is 0 Å². The minimum absolute atomic E-state index is 0.279. The molecule has 0 saturated heterocycles. The smallest absolute Gasteiger partial charge is 0.412 e. The van der Waals surface area contributed by atoms with E-state index in [4.69, 9.17) is 9.47 Å². The van der Waals surface area contributed by atoms with Gasteiger partial charge in [0.2, 0.25) is 0 Å². The summed E-state index contributed by atoms with van der Waals surface area (Å²) in [4.78, 5) is 23.5. The molecular formula is C20H26N2O4. The third-order valence-electron chi connectivity index (χ3n) is 3.48. The second-order valence-corrected chi connectivity index (χ2v) is 7.01. The summed E-state index contributed by atoms with van der Waals surface area (Å²) >= 11 is 0. The monoisotopic (exact) mass is 358 g/mol. The van der Waals surface area contributed by atoms with E-state index in [1.54, 1.807) is 12.1 Å². The Morgan fingerprint density at radius 3 is 2.42 bits per heavy atom. The van der Waals surface area contributed by atoms with Crippen molar-refractivity contribution in [3.8, 4) is 0 Å². The summed E-state index contributed by atoms with van der Waals surface area (Å²) in [7, 11) is 0. The normalized spacial score (nSPS) is 13.6. The molecule has 26 heavy (non-hydrogen) atoms. The van der Waals surface area contributed by atoms with Crippen molar-refractivity contribution in [3.63, 3.8) is 0 Å². The van der Waals surface area contributed by atoms with Gasteiger partial charge in [-0.2, -0.15) is 0 Å². The summed E-state index contributed by atoms with van der Waals surface area (Å²) in [5, 5.41) is 5.37. The van der Waals surface area contributed by atoms with Crippen LogP contribution in [0.15, 0.2) is 48.1 Å². The van der Waals surface area contributed by atoms with Crippen LogP contribution in [0, 0.1) is 0 Å². The number of hydrogen-bond acceptors (Lipinski definition) is 4. The Bertz CT molecular complexity index is 685. The van der Waals surface area contributed by atoms with Crippen LogP contribution in [-0.4, -0.2) is 24.4 Å². The number of amides is 2. The van der Waals surface area contributed by atoms with E-state index in [2.05, 4.69) is 22.8 Å².